The third kappa shape index (κ3) is 5.07. The largest absolute Gasteiger partial charge is 0.496 e. The smallest absolute Gasteiger partial charge is 0.226 e. The number of rotatable bonds is 9. The molecule has 2 aromatic heterocycles. The van der Waals surface area contributed by atoms with Crippen LogP contribution in [0, 0.1) is 0 Å². The van der Waals surface area contributed by atoms with Gasteiger partial charge < -0.3 is 25.7 Å². The van der Waals surface area contributed by atoms with E-state index in [9.17, 15) is 0 Å². The third-order valence-corrected chi connectivity index (χ3v) is 6.55. The lowest BCUT2D eigenvalue weighted by Gasteiger charge is -2.14. The molecule has 2 aromatic carbocycles. The summed E-state index contributed by atoms with van der Waals surface area (Å²) in [6.07, 6.45) is 6.75. The van der Waals surface area contributed by atoms with Crippen LogP contribution in [0.3, 0.4) is 0 Å². The fraction of sp³-hybridized carbons (Fsp3) is 0.370. The molecule has 8 nitrogen and oxygen atoms in total. The highest BCUT2D eigenvalue weighted by molar-refractivity contribution is 5.84. The number of aromatic nitrogens is 4. The van der Waals surface area contributed by atoms with E-state index in [1.807, 2.05) is 31.5 Å². The summed E-state index contributed by atoms with van der Waals surface area (Å²) in [5.74, 6) is 2.17. The SMILES string of the molecule is COc1ccccc1-c1ccc(CNc2nc(NCC(C)N)nc3c2ncn3C2CCCC2)cc1. The van der Waals surface area contributed by atoms with Gasteiger partial charge in [-0.1, -0.05) is 55.3 Å². The average molecular weight is 472 g/mol. The summed E-state index contributed by atoms with van der Waals surface area (Å²) in [4.78, 5) is 14.2. The Labute approximate surface area is 206 Å². The van der Waals surface area contributed by atoms with Gasteiger partial charge in [-0.15, -0.1) is 0 Å². The predicted molar refractivity (Wildman–Crippen MR) is 141 cm³/mol. The molecule has 2 heterocycles. The highest BCUT2D eigenvalue weighted by Crippen LogP contribution is 2.33. The minimum atomic E-state index is 0.00667. The minimum Gasteiger partial charge on any atom is -0.496 e. The average Bonchev–Trinajstić information content (AvgIpc) is 3.56. The first-order chi connectivity index (χ1) is 17.1. The van der Waals surface area contributed by atoms with Crippen molar-refractivity contribution in [3.05, 3.63) is 60.4 Å². The second kappa shape index (κ2) is 10.3. The Bertz CT molecular complexity index is 1280. The number of benzene rings is 2. The molecule has 1 fully saturated rings. The van der Waals surface area contributed by atoms with Crippen molar-refractivity contribution in [3.8, 4) is 16.9 Å². The molecule has 1 aliphatic carbocycles. The maximum absolute atomic E-state index is 5.95. The molecule has 182 valence electrons. The Kier molecular flexibility index (Phi) is 6.81. The van der Waals surface area contributed by atoms with Gasteiger partial charge in [-0.3, -0.25) is 0 Å². The molecule has 35 heavy (non-hydrogen) atoms. The number of nitrogens with one attached hydrogen (secondary N) is 2. The van der Waals surface area contributed by atoms with Crippen molar-refractivity contribution < 1.29 is 4.74 Å². The molecule has 1 unspecified atom stereocenters. The van der Waals surface area contributed by atoms with E-state index in [2.05, 4.69) is 45.5 Å². The molecular formula is C27H33N7O. The summed E-state index contributed by atoms with van der Waals surface area (Å²) >= 11 is 0. The summed E-state index contributed by atoms with van der Waals surface area (Å²) < 4.78 is 7.73. The molecule has 0 saturated heterocycles. The molecule has 0 radical (unpaired) electrons. The molecule has 1 saturated carbocycles. The number of anilines is 2. The van der Waals surface area contributed by atoms with Crippen molar-refractivity contribution in [1.29, 1.82) is 0 Å². The van der Waals surface area contributed by atoms with E-state index >= 15 is 0 Å². The number of nitrogens with two attached hydrogens (primary N) is 1. The van der Waals surface area contributed by atoms with Crippen LogP contribution in [0.4, 0.5) is 11.8 Å². The van der Waals surface area contributed by atoms with E-state index in [0.29, 0.717) is 25.1 Å². The van der Waals surface area contributed by atoms with Crippen molar-refractivity contribution >= 4 is 22.9 Å². The Morgan fingerprint density at radius 1 is 1.06 bits per heavy atom. The van der Waals surface area contributed by atoms with Crippen molar-refractivity contribution in [2.24, 2.45) is 5.73 Å². The number of fused-ring (bicyclic) bond motifs is 1. The van der Waals surface area contributed by atoms with E-state index in [0.717, 1.165) is 39.4 Å². The van der Waals surface area contributed by atoms with Gasteiger partial charge in [0.2, 0.25) is 5.95 Å². The lowest BCUT2D eigenvalue weighted by atomic mass is 10.0. The van der Waals surface area contributed by atoms with Gasteiger partial charge in [0.15, 0.2) is 17.0 Å². The Morgan fingerprint density at radius 2 is 1.83 bits per heavy atom. The van der Waals surface area contributed by atoms with E-state index in [1.165, 1.54) is 25.7 Å². The highest BCUT2D eigenvalue weighted by Gasteiger charge is 2.22. The minimum absolute atomic E-state index is 0.00667. The zero-order valence-corrected chi connectivity index (χ0v) is 20.4. The number of hydrogen-bond donors (Lipinski definition) is 3. The number of para-hydroxylation sites is 1. The number of hydrogen-bond acceptors (Lipinski definition) is 7. The van der Waals surface area contributed by atoms with Crippen LogP contribution in [-0.4, -0.2) is 39.2 Å². The monoisotopic (exact) mass is 471 g/mol. The van der Waals surface area contributed by atoms with Crippen LogP contribution in [0.1, 0.15) is 44.2 Å². The normalized spacial score (nSPS) is 14.8. The van der Waals surface area contributed by atoms with Gasteiger partial charge in [-0.25, -0.2) is 4.98 Å². The van der Waals surface area contributed by atoms with Crippen LogP contribution in [0.15, 0.2) is 54.9 Å². The van der Waals surface area contributed by atoms with Gasteiger partial charge in [0, 0.05) is 30.7 Å². The maximum atomic E-state index is 5.95. The second-order valence-corrected chi connectivity index (χ2v) is 9.27. The van der Waals surface area contributed by atoms with Crippen LogP contribution in [-0.2, 0) is 6.54 Å². The fourth-order valence-electron chi connectivity index (χ4n) is 4.69. The molecule has 4 N–H and O–H groups in total. The summed E-state index contributed by atoms with van der Waals surface area (Å²) in [5, 5.41) is 6.77. The van der Waals surface area contributed by atoms with Crippen LogP contribution < -0.4 is 21.1 Å². The molecule has 8 heteroatoms. The topological polar surface area (TPSA) is 103 Å². The van der Waals surface area contributed by atoms with Gasteiger partial charge in [0.05, 0.1) is 13.4 Å². The first-order valence-electron chi connectivity index (χ1n) is 12.3. The van der Waals surface area contributed by atoms with Gasteiger partial charge in [0.25, 0.3) is 0 Å². The molecule has 0 bridgehead atoms. The second-order valence-electron chi connectivity index (χ2n) is 9.27. The van der Waals surface area contributed by atoms with E-state index < -0.39 is 0 Å². The number of methoxy groups -OCH3 is 1. The standard InChI is InChI=1S/C27H33N7O/c1-18(28)15-30-27-32-25(24-26(33-27)34(17-31-24)21-7-3-4-8-21)29-16-19-11-13-20(14-12-19)22-9-5-6-10-23(22)35-2/h5-6,9-14,17-18,21H,3-4,7-8,15-16,28H2,1-2H3,(H2,29,30,32,33). The van der Waals surface area contributed by atoms with E-state index in [4.69, 9.17) is 25.4 Å². The summed E-state index contributed by atoms with van der Waals surface area (Å²) in [7, 11) is 1.70. The fourth-order valence-corrected chi connectivity index (χ4v) is 4.69. The summed E-state index contributed by atoms with van der Waals surface area (Å²) in [5.41, 5.74) is 11.0. The van der Waals surface area contributed by atoms with Crippen LogP contribution in [0.2, 0.25) is 0 Å². The lowest BCUT2D eigenvalue weighted by Crippen LogP contribution is -2.26. The molecule has 0 amide bonds. The molecule has 0 aliphatic heterocycles. The Morgan fingerprint density at radius 3 is 2.57 bits per heavy atom. The van der Waals surface area contributed by atoms with Crippen molar-refractivity contribution in [2.75, 3.05) is 24.3 Å². The van der Waals surface area contributed by atoms with E-state index in [-0.39, 0.29) is 6.04 Å². The zero-order valence-electron chi connectivity index (χ0n) is 20.4. The summed E-state index contributed by atoms with van der Waals surface area (Å²) in [6, 6.07) is 17.0. The molecule has 5 rings (SSSR count). The zero-order chi connectivity index (χ0) is 24.2. The Hall–Kier alpha value is -3.65. The first-order valence-corrected chi connectivity index (χ1v) is 12.3. The third-order valence-electron chi connectivity index (χ3n) is 6.55. The van der Waals surface area contributed by atoms with Gasteiger partial charge >= 0.3 is 0 Å². The first kappa shape index (κ1) is 23.1. The predicted octanol–water partition coefficient (Wildman–Crippen LogP) is 4.99. The summed E-state index contributed by atoms with van der Waals surface area (Å²) in [6.45, 7) is 3.19. The van der Waals surface area contributed by atoms with Crippen LogP contribution in [0.25, 0.3) is 22.3 Å². The molecule has 4 aromatic rings. The van der Waals surface area contributed by atoms with Gasteiger partial charge in [0.1, 0.15) is 5.75 Å². The van der Waals surface area contributed by atoms with Crippen molar-refractivity contribution in [2.45, 2.75) is 51.2 Å². The quantitative estimate of drug-likeness (QED) is 0.316. The molecule has 1 aliphatic rings. The highest BCUT2D eigenvalue weighted by atomic mass is 16.5. The number of ether oxygens (including phenoxy) is 1. The number of nitrogens with zero attached hydrogens (tertiary/aromatic N) is 4. The van der Waals surface area contributed by atoms with E-state index in [1.54, 1.807) is 7.11 Å². The van der Waals surface area contributed by atoms with Gasteiger partial charge in [-0.05, 0) is 37.0 Å². The van der Waals surface area contributed by atoms with Crippen molar-refractivity contribution in [1.82, 2.24) is 19.5 Å². The maximum Gasteiger partial charge on any atom is 0.226 e. The van der Waals surface area contributed by atoms with Crippen molar-refractivity contribution in [3.63, 3.8) is 0 Å². The molecule has 0 spiro atoms. The molecular weight excluding hydrogens is 438 g/mol. The van der Waals surface area contributed by atoms with Crippen LogP contribution >= 0.6 is 0 Å². The van der Waals surface area contributed by atoms with Crippen LogP contribution in [0.5, 0.6) is 5.75 Å². The molecule has 1 atom stereocenters. The lowest BCUT2D eigenvalue weighted by molar-refractivity contribution is 0.416. The van der Waals surface area contributed by atoms with Gasteiger partial charge in [-0.2, -0.15) is 9.97 Å². The Balaban J connectivity index is 1.39. The number of imidazole rings is 1.